The highest BCUT2D eigenvalue weighted by Crippen LogP contribution is 2.09. The lowest BCUT2D eigenvalue weighted by atomic mass is 10.3. The molecule has 1 aliphatic rings. The van der Waals surface area contributed by atoms with E-state index in [4.69, 9.17) is 5.26 Å². The van der Waals surface area contributed by atoms with Gasteiger partial charge in [-0.15, -0.1) is 0 Å². The van der Waals surface area contributed by atoms with E-state index in [1.165, 1.54) is 24.6 Å². The molecule has 1 heterocycles. The van der Waals surface area contributed by atoms with Crippen molar-refractivity contribution >= 4 is 11.8 Å². The van der Waals surface area contributed by atoms with Gasteiger partial charge in [0.1, 0.15) is 0 Å². The van der Waals surface area contributed by atoms with Crippen molar-refractivity contribution in [2.75, 3.05) is 31.1 Å². The molecular weight excluding hydrogens is 156 g/mol. The van der Waals surface area contributed by atoms with E-state index in [-0.39, 0.29) is 0 Å². The van der Waals surface area contributed by atoms with Gasteiger partial charge >= 0.3 is 0 Å². The second-order valence-electron chi connectivity index (χ2n) is 2.72. The van der Waals surface area contributed by atoms with Crippen LogP contribution in [0, 0.1) is 11.3 Å². The summed E-state index contributed by atoms with van der Waals surface area (Å²) in [5.41, 5.74) is 0. The van der Waals surface area contributed by atoms with Crippen molar-refractivity contribution in [3.8, 4) is 6.07 Å². The predicted octanol–water partition coefficient (Wildman–Crippen LogP) is 1.34. The number of unbranched alkanes of at least 4 members (excludes halogenated alkanes) is 1. The second-order valence-corrected chi connectivity index (χ2v) is 3.94. The summed E-state index contributed by atoms with van der Waals surface area (Å²) in [6.07, 6.45) is 1.75. The van der Waals surface area contributed by atoms with Crippen molar-refractivity contribution in [1.29, 1.82) is 5.26 Å². The average Bonchev–Trinajstić information content (AvgIpc) is 2.07. The zero-order chi connectivity index (χ0) is 7.94. The van der Waals surface area contributed by atoms with Crippen LogP contribution in [0.1, 0.15) is 12.8 Å². The topological polar surface area (TPSA) is 27.0 Å². The third kappa shape index (κ3) is 3.64. The normalized spacial score (nSPS) is 19.5. The Kier molecular flexibility index (Phi) is 4.41. The lowest BCUT2D eigenvalue weighted by molar-refractivity contribution is 0.300. The molecule has 11 heavy (non-hydrogen) atoms. The van der Waals surface area contributed by atoms with Gasteiger partial charge in [-0.25, -0.2) is 0 Å². The smallest absolute Gasteiger partial charge is 0.0622 e. The molecule has 1 aliphatic heterocycles. The number of rotatable bonds is 3. The number of thioether (sulfide) groups is 1. The van der Waals surface area contributed by atoms with Crippen molar-refractivity contribution in [3.63, 3.8) is 0 Å². The van der Waals surface area contributed by atoms with Gasteiger partial charge in [-0.3, -0.25) is 0 Å². The average molecular weight is 170 g/mol. The maximum Gasteiger partial charge on any atom is 0.0622 e. The van der Waals surface area contributed by atoms with Crippen molar-refractivity contribution in [3.05, 3.63) is 0 Å². The van der Waals surface area contributed by atoms with Crippen molar-refractivity contribution in [1.82, 2.24) is 4.90 Å². The van der Waals surface area contributed by atoms with Gasteiger partial charge in [-0.2, -0.15) is 17.0 Å². The molecule has 0 aromatic carbocycles. The van der Waals surface area contributed by atoms with E-state index >= 15 is 0 Å². The van der Waals surface area contributed by atoms with Gasteiger partial charge in [0.15, 0.2) is 0 Å². The number of hydrogen-bond acceptors (Lipinski definition) is 3. The molecule has 0 atom stereocenters. The van der Waals surface area contributed by atoms with Gasteiger partial charge in [0.25, 0.3) is 0 Å². The molecule has 1 fully saturated rings. The molecule has 0 aliphatic carbocycles. The van der Waals surface area contributed by atoms with Crippen molar-refractivity contribution in [2.24, 2.45) is 0 Å². The van der Waals surface area contributed by atoms with Crippen LogP contribution < -0.4 is 0 Å². The summed E-state index contributed by atoms with van der Waals surface area (Å²) in [5, 5.41) is 8.32. The minimum absolute atomic E-state index is 0.712. The Hall–Kier alpha value is -0.200. The third-order valence-electron chi connectivity index (χ3n) is 1.87. The summed E-state index contributed by atoms with van der Waals surface area (Å²) >= 11 is 2.03. The van der Waals surface area contributed by atoms with Crippen LogP contribution in [0.3, 0.4) is 0 Å². The summed E-state index contributed by atoms with van der Waals surface area (Å²) in [5.74, 6) is 2.54. The van der Waals surface area contributed by atoms with Crippen molar-refractivity contribution < 1.29 is 0 Å². The van der Waals surface area contributed by atoms with E-state index < -0.39 is 0 Å². The van der Waals surface area contributed by atoms with E-state index in [1.54, 1.807) is 0 Å². The number of hydrogen-bond donors (Lipinski definition) is 0. The number of nitrogens with zero attached hydrogens (tertiary/aromatic N) is 2. The summed E-state index contributed by atoms with van der Waals surface area (Å²) in [7, 11) is 0. The van der Waals surface area contributed by atoms with Crippen molar-refractivity contribution in [2.45, 2.75) is 12.8 Å². The molecule has 0 bridgehead atoms. The molecule has 0 radical (unpaired) electrons. The van der Waals surface area contributed by atoms with E-state index in [1.807, 2.05) is 11.8 Å². The lowest BCUT2D eigenvalue weighted by Gasteiger charge is -2.25. The number of nitriles is 1. The Labute approximate surface area is 72.6 Å². The van der Waals surface area contributed by atoms with Gasteiger partial charge in [-0.1, -0.05) is 0 Å². The van der Waals surface area contributed by atoms with Crippen LogP contribution >= 0.6 is 11.8 Å². The maximum atomic E-state index is 8.32. The Morgan fingerprint density at radius 1 is 1.36 bits per heavy atom. The van der Waals surface area contributed by atoms with Crippen LogP contribution in [0.15, 0.2) is 0 Å². The molecule has 0 aromatic heterocycles. The first kappa shape index (κ1) is 8.89. The van der Waals surface area contributed by atoms with Gasteiger partial charge < -0.3 is 4.90 Å². The molecule has 1 rings (SSSR count). The molecule has 2 nitrogen and oxygen atoms in total. The fraction of sp³-hybridized carbons (Fsp3) is 0.875. The predicted molar refractivity (Wildman–Crippen MR) is 48.6 cm³/mol. The molecule has 0 aromatic rings. The Bertz CT molecular complexity index is 136. The molecule has 3 heteroatoms. The van der Waals surface area contributed by atoms with Crippen LogP contribution in [-0.2, 0) is 0 Å². The first-order chi connectivity index (χ1) is 5.43. The second kappa shape index (κ2) is 5.45. The van der Waals surface area contributed by atoms with Gasteiger partial charge in [-0.05, 0) is 13.0 Å². The minimum Gasteiger partial charge on any atom is -0.302 e. The molecule has 0 saturated carbocycles. The monoisotopic (exact) mass is 170 g/mol. The van der Waals surface area contributed by atoms with Gasteiger partial charge in [0, 0.05) is 31.0 Å². The van der Waals surface area contributed by atoms with E-state index in [9.17, 15) is 0 Å². The summed E-state index contributed by atoms with van der Waals surface area (Å²) in [6.45, 7) is 3.56. The van der Waals surface area contributed by atoms with Crippen LogP contribution in [0.4, 0.5) is 0 Å². The highest BCUT2D eigenvalue weighted by Gasteiger charge is 2.08. The summed E-state index contributed by atoms with van der Waals surface area (Å²) in [4.78, 5) is 2.45. The molecule has 0 amide bonds. The van der Waals surface area contributed by atoms with Crippen LogP contribution in [-0.4, -0.2) is 36.0 Å². The molecule has 1 saturated heterocycles. The Morgan fingerprint density at radius 2 is 2.09 bits per heavy atom. The van der Waals surface area contributed by atoms with Crippen LogP contribution in [0.5, 0.6) is 0 Å². The standard InChI is InChI=1S/C8H14N2S/c9-3-1-2-4-10-5-7-11-8-6-10/h1-2,4-8H2. The summed E-state index contributed by atoms with van der Waals surface area (Å²) < 4.78 is 0. The van der Waals surface area contributed by atoms with Crippen LogP contribution in [0.25, 0.3) is 0 Å². The zero-order valence-corrected chi connectivity index (χ0v) is 7.57. The first-order valence-corrected chi connectivity index (χ1v) is 5.26. The quantitative estimate of drug-likeness (QED) is 0.598. The van der Waals surface area contributed by atoms with E-state index in [0.29, 0.717) is 6.42 Å². The third-order valence-corrected chi connectivity index (χ3v) is 2.81. The molecule has 0 unspecified atom stereocenters. The molecule has 62 valence electrons. The van der Waals surface area contributed by atoms with Crippen LogP contribution in [0.2, 0.25) is 0 Å². The lowest BCUT2D eigenvalue weighted by Crippen LogP contribution is -2.33. The fourth-order valence-electron chi connectivity index (χ4n) is 1.21. The maximum absolute atomic E-state index is 8.32. The Balaban J connectivity index is 2.01. The zero-order valence-electron chi connectivity index (χ0n) is 6.75. The molecular formula is C8H14N2S. The highest BCUT2D eigenvalue weighted by atomic mass is 32.2. The highest BCUT2D eigenvalue weighted by molar-refractivity contribution is 7.99. The minimum atomic E-state index is 0.712. The summed E-state index contributed by atoms with van der Waals surface area (Å²) in [6, 6.07) is 2.18. The molecule has 0 spiro atoms. The van der Waals surface area contributed by atoms with E-state index in [2.05, 4.69) is 11.0 Å². The largest absolute Gasteiger partial charge is 0.302 e. The SMILES string of the molecule is N#CCCCN1CCSCC1. The molecule has 0 N–H and O–H groups in total. The Morgan fingerprint density at radius 3 is 2.73 bits per heavy atom. The van der Waals surface area contributed by atoms with Gasteiger partial charge in [0.05, 0.1) is 6.07 Å². The van der Waals surface area contributed by atoms with E-state index in [0.717, 1.165) is 13.0 Å². The fourth-order valence-corrected chi connectivity index (χ4v) is 2.19. The first-order valence-electron chi connectivity index (χ1n) is 4.10. The van der Waals surface area contributed by atoms with Gasteiger partial charge in [0.2, 0.25) is 0 Å².